The second kappa shape index (κ2) is 3.16. The fourth-order valence-electron chi connectivity index (χ4n) is 1.37. The number of nitrogens with zero attached hydrogens (tertiary/aromatic N) is 1. The number of para-hydroxylation sites is 1. The second-order valence-corrected chi connectivity index (χ2v) is 2.90. The van der Waals surface area contributed by atoms with Crippen molar-refractivity contribution in [2.24, 2.45) is 0 Å². The van der Waals surface area contributed by atoms with E-state index in [0.717, 1.165) is 22.2 Å². The van der Waals surface area contributed by atoms with Crippen molar-refractivity contribution in [2.75, 3.05) is 0 Å². The summed E-state index contributed by atoms with van der Waals surface area (Å²) in [6, 6.07) is 5.75. The molecule has 0 aliphatic carbocycles. The molecule has 0 saturated carbocycles. The van der Waals surface area contributed by atoms with Crippen LogP contribution >= 0.6 is 0 Å². The van der Waals surface area contributed by atoms with Gasteiger partial charge in [-0.1, -0.05) is 17.3 Å². The maximum atomic E-state index is 8.57. The first-order chi connectivity index (χ1) is 6.33. The van der Waals surface area contributed by atoms with Gasteiger partial charge in [0.05, 0.1) is 5.69 Å². The highest BCUT2D eigenvalue weighted by Gasteiger charge is 2.07. The predicted molar refractivity (Wildman–Crippen MR) is 47.4 cm³/mol. The van der Waals surface area contributed by atoms with Gasteiger partial charge in [0.2, 0.25) is 0 Å². The average molecular weight is 178 g/mol. The zero-order chi connectivity index (χ0) is 9.26. The van der Waals surface area contributed by atoms with Crippen molar-refractivity contribution in [1.82, 2.24) is 10.6 Å². The third-order valence-electron chi connectivity index (χ3n) is 2.03. The van der Waals surface area contributed by atoms with Gasteiger partial charge >= 0.3 is 0 Å². The highest BCUT2D eigenvalue weighted by Crippen LogP contribution is 2.21. The van der Waals surface area contributed by atoms with Crippen molar-refractivity contribution < 1.29 is 9.73 Å². The van der Waals surface area contributed by atoms with E-state index in [-0.39, 0.29) is 0 Å². The molecule has 0 bridgehead atoms. The van der Waals surface area contributed by atoms with Crippen LogP contribution in [0, 0.1) is 6.92 Å². The molecule has 0 fully saturated rings. The van der Waals surface area contributed by atoms with Gasteiger partial charge in [-0.3, -0.25) is 0 Å². The van der Waals surface area contributed by atoms with Crippen LogP contribution in [0.1, 0.15) is 11.3 Å². The number of rotatable bonds is 2. The molecule has 13 heavy (non-hydrogen) atoms. The van der Waals surface area contributed by atoms with Crippen LogP contribution in [0.25, 0.3) is 11.0 Å². The number of fused-ring (bicyclic) bond motifs is 1. The minimum atomic E-state index is 0.367. The summed E-state index contributed by atoms with van der Waals surface area (Å²) in [6.07, 6.45) is 0. The Bertz CT molecular complexity index is 422. The van der Waals surface area contributed by atoms with E-state index in [1.807, 2.05) is 25.1 Å². The molecule has 0 radical (unpaired) electrons. The minimum Gasteiger partial charge on any atom is -0.356 e. The highest BCUT2D eigenvalue weighted by molar-refractivity contribution is 5.82. The van der Waals surface area contributed by atoms with Crippen molar-refractivity contribution in [1.29, 1.82) is 0 Å². The van der Waals surface area contributed by atoms with Crippen molar-refractivity contribution in [3.8, 4) is 0 Å². The maximum absolute atomic E-state index is 8.57. The van der Waals surface area contributed by atoms with Crippen LogP contribution in [-0.4, -0.2) is 10.4 Å². The van der Waals surface area contributed by atoms with Crippen LogP contribution in [-0.2, 0) is 6.54 Å². The summed E-state index contributed by atoms with van der Waals surface area (Å²) >= 11 is 0. The Morgan fingerprint density at radius 3 is 3.15 bits per heavy atom. The second-order valence-electron chi connectivity index (χ2n) is 2.90. The van der Waals surface area contributed by atoms with E-state index in [4.69, 9.17) is 9.73 Å². The third kappa shape index (κ3) is 1.30. The molecular formula is C9H10N2O2. The van der Waals surface area contributed by atoms with E-state index in [9.17, 15) is 0 Å². The summed E-state index contributed by atoms with van der Waals surface area (Å²) < 4.78 is 5.13. The van der Waals surface area contributed by atoms with Crippen molar-refractivity contribution in [3.63, 3.8) is 0 Å². The molecule has 2 rings (SSSR count). The van der Waals surface area contributed by atoms with Crippen LogP contribution < -0.4 is 5.48 Å². The number of aryl methyl sites for hydroxylation is 1. The number of aromatic nitrogens is 1. The number of hydrogen-bond acceptors (Lipinski definition) is 4. The quantitative estimate of drug-likeness (QED) is 0.686. The topological polar surface area (TPSA) is 58.3 Å². The van der Waals surface area contributed by atoms with Crippen LogP contribution in [0.4, 0.5) is 0 Å². The summed E-state index contributed by atoms with van der Waals surface area (Å²) in [4.78, 5) is 0. The lowest BCUT2D eigenvalue weighted by atomic mass is 10.1. The minimum absolute atomic E-state index is 0.367. The Morgan fingerprint density at radius 1 is 1.54 bits per heavy atom. The Kier molecular flexibility index (Phi) is 2.00. The van der Waals surface area contributed by atoms with E-state index in [2.05, 4.69) is 10.6 Å². The van der Waals surface area contributed by atoms with Gasteiger partial charge in [0.15, 0.2) is 5.58 Å². The lowest BCUT2D eigenvalue weighted by Crippen LogP contribution is -2.05. The standard InChI is InChI=1S/C9H10N2O2/c1-6-8-4-2-3-7(5-10-12)9(8)13-11-6/h2-4,10,12H,5H2,1H3. The summed E-state index contributed by atoms with van der Waals surface area (Å²) in [5, 5.41) is 13.4. The number of benzene rings is 1. The van der Waals surface area contributed by atoms with Crippen molar-refractivity contribution >= 4 is 11.0 Å². The zero-order valence-corrected chi connectivity index (χ0v) is 7.24. The molecule has 1 aromatic carbocycles. The first-order valence-corrected chi connectivity index (χ1v) is 4.04. The Hall–Kier alpha value is -1.39. The molecule has 68 valence electrons. The predicted octanol–water partition coefficient (Wildman–Crippen LogP) is 1.62. The highest BCUT2D eigenvalue weighted by atomic mass is 16.5. The molecule has 4 nitrogen and oxygen atoms in total. The van der Waals surface area contributed by atoms with Crippen LogP contribution in [0.5, 0.6) is 0 Å². The molecule has 2 N–H and O–H groups in total. The summed E-state index contributed by atoms with van der Waals surface area (Å²) in [5.74, 6) is 0. The van der Waals surface area contributed by atoms with Crippen LogP contribution in [0.15, 0.2) is 22.7 Å². The fourth-order valence-corrected chi connectivity index (χ4v) is 1.37. The molecule has 0 aliphatic rings. The third-order valence-corrected chi connectivity index (χ3v) is 2.03. The molecule has 0 atom stereocenters. The van der Waals surface area contributed by atoms with E-state index in [0.29, 0.717) is 6.54 Å². The smallest absolute Gasteiger partial charge is 0.171 e. The molecule has 4 heteroatoms. The molecule has 0 aliphatic heterocycles. The lowest BCUT2D eigenvalue weighted by molar-refractivity contribution is 0.161. The largest absolute Gasteiger partial charge is 0.356 e. The monoisotopic (exact) mass is 178 g/mol. The summed E-state index contributed by atoms with van der Waals surface area (Å²) in [7, 11) is 0. The molecule has 2 aromatic rings. The molecule has 1 aromatic heterocycles. The van der Waals surface area contributed by atoms with Crippen molar-refractivity contribution in [2.45, 2.75) is 13.5 Å². The number of hydrogen-bond donors (Lipinski definition) is 2. The SMILES string of the molecule is Cc1noc2c(CNO)cccc12. The van der Waals surface area contributed by atoms with E-state index < -0.39 is 0 Å². The first kappa shape index (κ1) is 8.22. The van der Waals surface area contributed by atoms with Crippen molar-refractivity contribution in [3.05, 3.63) is 29.5 Å². The van der Waals surface area contributed by atoms with Gasteiger partial charge in [-0.15, -0.1) is 0 Å². The molecule has 0 amide bonds. The van der Waals surface area contributed by atoms with Crippen LogP contribution in [0.3, 0.4) is 0 Å². The molecule has 0 unspecified atom stereocenters. The van der Waals surface area contributed by atoms with E-state index >= 15 is 0 Å². The number of nitrogens with one attached hydrogen (secondary N) is 1. The van der Waals surface area contributed by atoms with Gasteiger partial charge in [-0.25, -0.2) is 5.48 Å². The number of hydroxylamine groups is 1. The fraction of sp³-hybridized carbons (Fsp3) is 0.222. The Balaban J connectivity index is 2.63. The Morgan fingerprint density at radius 2 is 2.38 bits per heavy atom. The molecule has 1 heterocycles. The maximum Gasteiger partial charge on any atom is 0.171 e. The van der Waals surface area contributed by atoms with Gasteiger partial charge in [-0.2, -0.15) is 0 Å². The lowest BCUT2D eigenvalue weighted by Gasteiger charge is -1.97. The van der Waals surface area contributed by atoms with E-state index in [1.54, 1.807) is 0 Å². The normalized spacial score (nSPS) is 10.9. The van der Waals surface area contributed by atoms with Gasteiger partial charge < -0.3 is 9.73 Å². The summed E-state index contributed by atoms with van der Waals surface area (Å²) in [6.45, 7) is 2.26. The summed E-state index contributed by atoms with van der Waals surface area (Å²) in [5.41, 5.74) is 4.61. The van der Waals surface area contributed by atoms with E-state index in [1.165, 1.54) is 0 Å². The molecule has 0 saturated heterocycles. The molecular weight excluding hydrogens is 168 g/mol. The van der Waals surface area contributed by atoms with Gasteiger partial charge in [0, 0.05) is 17.5 Å². The van der Waals surface area contributed by atoms with Gasteiger partial charge in [-0.05, 0) is 13.0 Å². The van der Waals surface area contributed by atoms with Crippen LogP contribution in [0.2, 0.25) is 0 Å². The zero-order valence-electron chi connectivity index (χ0n) is 7.24. The molecule has 0 spiro atoms. The first-order valence-electron chi connectivity index (χ1n) is 4.04. The Labute approximate surface area is 75.1 Å². The van der Waals surface area contributed by atoms with Gasteiger partial charge in [0.1, 0.15) is 0 Å². The van der Waals surface area contributed by atoms with Gasteiger partial charge in [0.25, 0.3) is 0 Å². The average Bonchev–Trinajstić information content (AvgIpc) is 2.50.